The molecule has 5 aromatic rings. The number of carbonyl (C=O) groups excluding carboxylic acids is 4. The highest BCUT2D eigenvalue weighted by Gasteiger charge is 2.39. The van der Waals surface area contributed by atoms with Crippen LogP contribution < -0.4 is 16.1 Å². The van der Waals surface area contributed by atoms with Gasteiger partial charge in [-0.2, -0.15) is 0 Å². The second kappa shape index (κ2) is 19.6. The van der Waals surface area contributed by atoms with Crippen molar-refractivity contribution < 1.29 is 34.0 Å². The molecule has 5 amide bonds. The number of hydrogen-bond acceptors (Lipinski definition) is 10. The van der Waals surface area contributed by atoms with Gasteiger partial charge < -0.3 is 20.6 Å². The predicted molar refractivity (Wildman–Crippen MR) is 211 cm³/mol. The molecule has 18 nitrogen and oxygen atoms in total. The number of nitro benzene ring substituents is 1. The first-order valence-electron chi connectivity index (χ1n) is 18.9. The van der Waals surface area contributed by atoms with E-state index in [1.54, 1.807) is 48.8 Å². The van der Waals surface area contributed by atoms with Gasteiger partial charge in [0.1, 0.15) is 17.8 Å². The Morgan fingerprint density at radius 3 is 2.24 bits per heavy atom. The molecule has 2 aromatic heterocycles. The molecule has 304 valence electrons. The number of amides is 5. The number of likely N-dealkylation sites (tertiary alicyclic amines) is 1. The minimum absolute atomic E-state index is 0.0310. The number of rotatable bonds is 16. The third-order valence-electron chi connectivity index (χ3n) is 9.57. The largest absolute Gasteiger partial charge is 0.481 e. The molecule has 3 atom stereocenters. The molecule has 1 saturated heterocycles. The minimum Gasteiger partial charge on any atom is -0.481 e. The topological polar surface area (TPSA) is 235 Å². The molecular formula is C41H42N10O8. The fourth-order valence-corrected chi connectivity index (χ4v) is 6.75. The van der Waals surface area contributed by atoms with Crippen molar-refractivity contribution in [3.8, 4) is 5.69 Å². The van der Waals surface area contributed by atoms with Crippen molar-refractivity contribution in [3.05, 3.63) is 148 Å². The number of nitrogens with zero attached hydrogens (tertiary/aromatic N) is 7. The first kappa shape index (κ1) is 41.1. The number of hydrazine groups is 1. The van der Waals surface area contributed by atoms with E-state index in [4.69, 9.17) is 0 Å². The quantitative estimate of drug-likeness (QED) is 0.0836. The van der Waals surface area contributed by atoms with Gasteiger partial charge in [0.05, 0.1) is 36.2 Å². The lowest BCUT2D eigenvalue weighted by molar-refractivity contribution is -0.384. The van der Waals surface area contributed by atoms with Crippen LogP contribution in [0.1, 0.15) is 41.6 Å². The second-order valence-electron chi connectivity index (χ2n) is 14.0. The molecular weight excluding hydrogens is 761 g/mol. The van der Waals surface area contributed by atoms with Gasteiger partial charge in [0.15, 0.2) is 0 Å². The summed E-state index contributed by atoms with van der Waals surface area (Å²) in [5.74, 6) is -2.83. The molecule has 4 N–H and O–H groups in total. The fraction of sp³-hybridized carbons (Fsp3) is 0.268. The van der Waals surface area contributed by atoms with E-state index in [2.05, 4.69) is 31.4 Å². The van der Waals surface area contributed by atoms with E-state index in [1.807, 2.05) is 36.4 Å². The molecule has 0 spiro atoms. The van der Waals surface area contributed by atoms with E-state index >= 15 is 0 Å². The van der Waals surface area contributed by atoms with Crippen molar-refractivity contribution in [2.45, 2.75) is 63.2 Å². The van der Waals surface area contributed by atoms with Gasteiger partial charge in [0, 0.05) is 43.5 Å². The maximum atomic E-state index is 14.4. The van der Waals surface area contributed by atoms with Crippen LogP contribution in [0.4, 0.5) is 10.5 Å². The molecule has 3 heterocycles. The van der Waals surface area contributed by atoms with Crippen molar-refractivity contribution in [1.82, 2.24) is 45.9 Å². The maximum absolute atomic E-state index is 14.4. The molecule has 1 fully saturated rings. The number of aromatic nitrogens is 4. The molecule has 6 rings (SSSR count). The van der Waals surface area contributed by atoms with Crippen molar-refractivity contribution in [3.63, 3.8) is 0 Å². The Morgan fingerprint density at radius 1 is 0.881 bits per heavy atom. The molecule has 59 heavy (non-hydrogen) atoms. The third kappa shape index (κ3) is 11.5. The van der Waals surface area contributed by atoms with Crippen LogP contribution in [0, 0.1) is 10.1 Å². The number of carboxylic acid groups (broad SMARTS) is 1. The highest BCUT2D eigenvalue weighted by Crippen LogP contribution is 2.21. The van der Waals surface area contributed by atoms with E-state index in [-0.39, 0.29) is 56.6 Å². The Hall–Kier alpha value is -7.50. The number of pyridine rings is 1. The van der Waals surface area contributed by atoms with Gasteiger partial charge in [-0.15, -0.1) is 5.10 Å². The van der Waals surface area contributed by atoms with E-state index in [0.717, 1.165) is 10.6 Å². The molecule has 1 aliphatic rings. The van der Waals surface area contributed by atoms with Crippen molar-refractivity contribution in [1.29, 1.82) is 0 Å². The Bertz CT molecular complexity index is 2240. The Kier molecular flexibility index (Phi) is 13.7. The van der Waals surface area contributed by atoms with E-state index < -0.39 is 52.8 Å². The summed E-state index contributed by atoms with van der Waals surface area (Å²) in [6.07, 6.45) is 5.21. The van der Waals surface area contributed by atoms with Gasteiger partial charge in [0.25, 0.3) is 5.69 Å². The molecule has 18 heteroatoms. The average Bonchev–Trinajstić information content (AvgIpc) is 3.92. The van der Waals surface area contributed by atoms with Gasteiger partial charge in [-0.25, -0.2) is 14.5 Å². The zero-order valence-corrected chi connectivity index (χ0v) is 31.8. The van der Waals surface area contributed by atoms with Gasteiger partial charge >= 0.3 is 12.0 Å². The molecule has 0 radical (unpaired) electrons. The number of aliphatic carboxylic acids is 1. The number of carbonyl (C=O) groups is 5. The van der Waals surface area contributed by atoms with Crippen molar-refractivity contribution >= 4 is 35.4 Å². The molecule has 0 saturated carbocycles. The summed E-state index contributed by atoms with van der Waals surface area (Å²) in [6.45, 7) is -0.0930. The Balaban J connectivity index is 1.20. The zero-order chi connectivity index (χ0) is 41.7. The lowest BCUT2D eigenvalue weighted by Crippen LogP contribution is -2.58. The van der Waals surface area contributed by atoms with Gasteiger partial charge in [-0.1, -0.05) is 71.9 Å². The number of carboxylic acids is 1. The number of non-ortho nitro benzene ring substituents is 1. The minimum atomic E-state index is -1.16. The molecule has 0 bridgehead atoms. The summed E-state index contributed by atoms with van der Waals surface area (Å²) >= 11 is 0. The highest BCUT2D eigenvalue weighted by molar-refractivity contribution is 5.93. The smallest absolute Gasteiger partial charge is 0.339 e. The van der Waals surface area contributed by atoms with Gasteiger partial charge in [-0.3, -0.25) is 39.7 Å². The molecule has 3 aromatic carbocycles. The number of urea groups is 1. The van der Waals surface area contributed by atoms with Gasteiger partial charge in [0.2, 0.25) is 17.7 Å². The van der Waals surface area contributed by atoms with Crippen LogP contribution >= 0.6 is 0 Å². The van der Waals surface area contributed by atoms with Crippen LogP contribution in [0.3, 0.4) is 0 Å². The van der Waals surface area contributed by atoms with Gasteiger partial charge in [-0.05, 0) is 54.2 Å². The summed E-state index contributed by atoms with van der Waals surface area (Å²) in [5.41, 5.74) is 5.45. The monoisotopic (exact) mass is 802 g/mol. The summed E-state index contributed by atoms with van der Waals surface area (Å²) in [7, 11) is 0. The van der Waals surface area contributed by atoms with Crippen molar-refractivity contribution in [2.24, 2.45) is 0 Å². The Morgan fingerprint density at radius 2 is 1.58 bits per heavy atom. The highest BCUT2D eigenvalue weighted by atomic mass is 16.6. The van der Waals surface area contributed by atoms with Crippen LogP contribution in [-0.2, 0) is 45.0 Å². The van der Waals surface area contributed by atoms with Crippen LogP contribution in [0.5, 0.6) is 0 Å². The number of nitrogens with one attached hydrogen (secondary N) is 3. The lowest BCUT2D eigenvalue weighted by Gasteiger charge is -2.32. The number of nitro groups is 1. The lowest BCUT2D eigenvalue weighted by atomic mass is 10.0. The average molecular weight is 803 g/mol. The van der Waals surface area contributed by atoms with E-state index in [1.165, 1.54) is 40.0 Å². The molecule has 1 aliphatic heterocycles. The van der Waals surface area contributed by atoms with Crippen LogP contribution in [0.2, 0.25) is 0 Å². The number of hydrogen-bond donors (Lipinski definition) is 4. The summed E-state index contributed by atoms with van der Waals surface area (Å²) in [5, 5.41) is 35.7. The Labute approximate surface area is 338 Å². The zero-order valence-electron chi connectivity index (χ0n) is 31.8. The first-order chi connectivity index (χ1) is 28.5. The number of benzene rings is 3. The maximum Gasteiger partial charge on any atom is 0.339 e. The van der Waals surface area contributed by atoms with Crippen LogP contribution in [0.25, 0.3) is 5.69 Å². The summed E-state index contributed by atoms with van der Waals surface area (Å²) in [4.78, 5) is 83.6. The fourth-order valence-electron chi connectivity index (χ4n) is 6.75. The normalized spacial score (nSPS) is 14.4. The summed E-state index contributed by atoms with van der Waals surface area (Å²) in [6, 6.07) is 23.4. The van der Waals surface area contributed by atoms with Crippen LogP contribution in [-0.4, -0.2) is 94.3 Å². The molecule has 0 unspecified atom stereocenters. The summed E-state index contributed by atoms with van der Waals surface area (Å²) < 4.78 is 1.37. The standard InChI is InChI=1S/C41H42N10O8/c52-37(23-29-11-5-2-6-12-29)46-50(27-32-26-49(47-45-32)33-15-17-34(18-16-33)51(58)59)41(57)48-20-8-14-36(48)40(56)44-35(22-30-13-7-19-42-25-30)39(55)43-31(24-38(53)54)21-28-9-3-1-4-10-28/h1-7,9-13,15-19,25-26,31,35-36H,8,14,20-24,27H2,(H,43,55)(H,44,56)(H,46,52)(H,53,54)/t31-,35-,36-/m0/s1. The van der Waals surface area contributed by atoms with Crippen molar-refractivity contribution in [2.75, 3.05) is 6.54 Å². The van der Waals surface area contributed by atoms with E-state index in [9.17, 15) is 39.2 Å². The van der Waals surface area contributed by atoms with Crippen LogP contribution in [0.15, 0.2) is 116 Å². The molecule has 0 aliphatic carbocycles. The third-order valence-corrected chi connectivity index (χ3v) is 9.57. The first-order valence-corrected chi connectivity index (χ1v) is 18.9. The second-order valence-corrected chi connectivity index (χ2v) is 14.0. The predicted octanol–water partition coefficient (Wildman–Crippen LogP) is 3.16. The SMILES string of the molecule is O=C(O)C[C@H](Cc1ccccc1)NC(=O)[C@H](Cc1cccnc1)NC(=O)[C@@H]1CCCN1C(=O)N(Cc1cn(-c2ccc([N+](=O)[O-])cc2)nn1)NC(=O)Cc1ccccc1. The van der Waals surface area contributed by atoms with E-state index in [0.29, 0.717) is 23.2 Å².